The fourth-order valence-electron chi connectivity index (χ4n) is 2.29. The molecule has 2 heterocycles. The first-order chi connectivity index (χ1) is 9.58. The van der Waals surface area contributed by atoms with Crippen LogP contribution in [0.25, 0.3) is 0 Å². The van der Waals surface area contributed by atoms with Crippen LogP contribution in [0.1, 0.15) is 20.8 Å². The molecule has 1 fully saturated rings. The van der Waals surface area contributed by atoms with E-state index in [9.17, 15) is 4.79 Å². The van der Waals surface area contributed by atoms with E-state index in [0.717, 1.165) is 38.7 Å². The molecule has 0 aromatic carbocycles. The van der Waals surface area contributed by atoms with Crippen molar-refractivity contribution in [1.82, 2.24) is 25.4 Å². The second kappa shape index (κ2) is 6.69. The minimum Gasteiger partial charge on any atom is -0.354 e. The van der Waals surface area contributed by atoms with Gasteiger partial charge in [0.1, 0.15) is 6.33 Å². The molecule has 0 aliphatic carbocycles. The molecule has 0 bridgehead atoms. The highest BCUT2D eigenvalue weighted by molar-refractivity contribution is 5.81. The molecule has 7 nitrogen and oxygen atoms in total. The number of hydrogen-bond donors (Lipinski definition) is 2. The molecule has 20 heavy (non-hydrogen) atoms. The Balaban J connectivity index is 1.79. The van der Waals surface area contributed by atoms with E-state index in [1.807, 2.05) is 6.92 Å². The van der Waals surface area contributed by atoms with Crippen LogP contribution in [-0.4, -0.2) is 64.8 Å². The summed E-state index contributed by atoms with van der Waals surface area (Å²) in [4.78, 5) is 20.6. The molecule has 2 rings (SSSR count). The van der Waals surface area contributed by atoms with Crippen molar-refractivity contribution >= 4 is 11.9 Å². The van der Waals surface area contributed by atoms with Gasteiger partial charge in [-0.2, -0.15) is 10.1 Å². The summed E-state index contributed by atoms with van der Waals surface area (Å²) in [5.41, 5.74) is 0. The lowest BCUT2D eigenvalue weighted by molar-refractivity contribution is -0.126. The number of rotatable bonds is 5. The molecule has 0 saturated carbocycles. The van der Waals surface area contributed by atoms with Gasteiger partial charge in [0.25, 0.3) is 0 Å². The number of piperazine rings is 1. The van der Waals surface area contributed by atoms with E-state index in [4.69, 9.17) is 0 Å². The summed E-state index contributed by atoms with van der Waals surface area (Å²) in [6.45, 7) is 10.3. The first kappa shape index (κ1) is 14.8. The second-order valence-corrected chi connectivity index (χ2v) is 5.65. The highest BCUT2D eigenvalue weighted by Crippen LogP contribution is 2.11. The van der Waals surface area contributed by atoms with Crippen molar-refractivity contribution < 1.29 is 4.79 Å². The number of nitrogens with zero attached hydrogens (tertiary/aromatic N) is 4. The number of carbonyl (C=O) groups excluding carboxylic acids is 1. The van der Waals surface area contributed by atoms with Gasteiger partial charge in [0.05, 0.1) is 6.04 Å². The van der Waals surface area contributed by atoms with Crippen LogP contribution in [0.4, 0.5) is 5.95 Å². The summed E-state index contributed by atoms with van der Waals surface area (Å²) < 4.78 is 0. The maximum Gasteiger partial charge on any atom is 0.237 e. The molecule has 0 radical (unpaired) electrons. The van der Waals surface area contributed by atoms with Crippen molar-refractivity contribution in [1.29, 1.82) is 0 Å². The van der Waals surface area contributed by atoms with Gasteiger partial charge in [-0.25, -0.2) is 5.10 Å². The normalized spacial score (nSPS) is 18.3. The summed E-state index contributed by atoms with van der Waals surface area (Å²) in [6.07, 6.45) is 1.52. The number of carbonyl (C=O) groups is 1. The zero-order valence-corrected chi connectivity index (χ0v) is 12.5. The molecule has 1 aliphatic rings. The Kier molecular flexibility index (Phi) is 4.94. The summed E-state index contributed by atoms with van der Waals surface area (Å²) in [7, 11) is 0. The molecular formula is C13H24N6O. The number of aromatic nitrogens is 3. The third-order valence-electron chi connectivity index (χ3n) is 3.63. The Hall–Kier alpha value is -1.63. The van der Waals surface area contributed by atoms with Crippen LogP contribution in [0, 0.1) is 5.92 Å². The van der Waals surface area contributed by atoms with Crippen molar-refractivity contribution in [3.05, 3.63) is 6.33 Å². The molecule has 1 amide bonds. The Labute approximate surface area is 119 Å². The van der Waals surface area contributed by atoms with Gasteiger partial charge in [-0.1, -0.05) is 13.8 Å². The zero-order chi connectivity index (χ0) is 14.5. The summed E-state index contributed by atoms with van der Waals surface area (Å²) in [5, 5.41) is 9.73. The number of nitrogens with one attached hydrogen (secondary N) is 2. The maximum atomic E-state index is 12.1. The molecule has 1 aliphatic heterocycles. The van der Waals surface area contributed by atoms with E-state index in [1.165, 1.54) is 6.33 Å². The van der Waals surface area contributed by atoms with Crippen molar-refractivity contribution in [2.24, 2.45) is 5.92 Å². The van der Waals surface area contributed by atoms with E-state index >= 15 is 0 Å². The van der Waals surface area contributed by atoms with Crippen LogP contribution in [0.2, 0.25) is 0 Å². The van der Waals surface area contributed by atoms with Gasteiger partial charge in [0.15, 0.2) is 0 Å². The van der Waals surface area contributed by atoms with Crippen LogP contribution >= 0.6 is 0 Å². The molecule has 1 atom stereocenters. The molecule has 2 N–H and O–H groups in total. The minimum atomic E-state index is -0.0781. The fraction of sp³-hybridized carbons (Fsp3) is 0.769. The quantitative estimate of drug-likeness (QED) is 0.799. The lowest BCUT2D eigenvalue weighted by Crippen LogP contribution is -2.54. The standard InChI is InChI=1S/C13H24N6O/c1-10(2)8-14-12(20)11(3)18-4-6-19(7-5-18)13-15-9-16-17-13/h9-11H,4-8H2,1-3H3,(H,14,20)(H,15,16,17). The van der Waals surface area contributed by atoms with Crippen LogP contribution < -0.4 is 10.2 Å². The van der Waals surface area contributed by atoms with Crippen LogP contribution in [0.5, 0.6) is 0 Å². The van der Waals surface area contributed by atoms with Gasteiger partial charge in [-0.05, 0) is 12.8 Å². The molecule has 7 heteroatoms. The number of amides is 1. The number of anilines is 1. The topological polar surface area (TPSA) is 77.2 Å². The smallest absolute Gasteiger partial charge is 0.237 e. The van der Waals surface area contributed by atoms with Gasteiger partial charge in [0.2, 0.25) is 11.9 Å². The Morgan fingerprint density at radius 2 is 2.05 bits per heavy atom. The lowest BCUT2D eigenvalue weighted by Gasteiger charge is -2.37. The highest BCUT2D eigenvalue weighted by atomic mass is 16.2. The second-order valence-electron chi connectivity index (χ2n) is 5.65. The fourth-order valence-corrected chi connectivity index (χ4v) is 2.29. The van der Waals surface area contributed by atoms with Crippen molar-refractivity contribution in [2.75, 3.05) is 37.6 Å². The Bertz CT molecular complexity index is 411. The van der Waals surface area contributed by atoms with Gasteiger partial charge >= 0.3 is 0 Å². The van der Waals surface area contributed by atoms with Gasteiger partial charge in [-0.15, -0.1) is 0 Å². The molecule has 112 valence electrons. The maximum absolute atomic E-state index is 12.1. The molecule has 0 spiro atoms. The molecule has 1 saturated heterocycles. The summed E-state index contributed by atoms with van der Waals surface area (Å²) >= 11 is 0. The van der Waals surface area contributed by atoms with E-state index < -0.39 is 0 Å². The average Bonchev–Trinajstić information content (AvgIpc) is 2.98. The minimum absolute atomic E-state index is 0.0781. The number of aromatic amines is 1. The lowest BCUT2D eigenvalue weighted by atomic mass is 10.2. The third kappa shape index (κ3) is 3.69. The largest absolute Gasteiger partial charge is 0.354 e. The van der Waals surface area contributed by atoms with Gasteiger partial charge < -0.3 is 10.2 Å². The monoisotopic (exact) mass is 280 g/mol. The average molecular weight is 280 g/mol. The predicted octanol–water partition coefficient (Wildman–Crippen LogP) is 0.0874. The summed E-state index contributed by atoms with van der Waals surface area (Å²) in [6, 6.07) is -0.0781. The van der Waals surface area contributed by atoms with Gasteiger partial charge in [0, 0.05) is 32.7 Å². The van der Waals surface area contributed by atoms with E-state index in [1.54, 1.807) is 0 Å². The SMILES string of the molecule is CC(C)CNC(=O)C(C)N1CCN(c2ncn[nH]2)CC1. The van der Waals surface area contributed by atoms with Crippen molar-refractivity contribution in [3.8, 4) is 0 Å². The van der Waals surface area contributed by atoms with E-state index in [0.29, 0.717) is 5.92 Å². The van der Waals surface area contributed by atoms with Gasteiger partial charge in [-0.3, -0.25) is 9.69 Å². The van der Waals surface area contributed by atoms with E-state index in [2.05, 4.69) is 44.1 Å². The molecule has 1 aromatic rings. The van der Waals surface area contributed by atoms with Crippen molar-refractivity contribution in [3.63, 3.8) is 0 Å². The third-order valence-corrected chi connectivity index (χ3v) is 3.63. The van der Waals surface area contributed by atoms with Crippen LogP contribution in [-0.2, 0) is 4.79 Å². The first-order valence-electron chi connectivity index (χ1n) is 7.20. The Morgan fingerprint density at radius 3 is 2.60 bits per heavy atom. The Morgan fingerprint density at radius 1 is 1.35 bits per heavy atom. The molecular weight excluding hydrogens is 256 g/mol. The van der Waals surface area contributed by atoms with E-state index in [-0.39, 0.29) is 11.9 Å². The van der Waals surface area contributed by atoms with Crippen LogP contribution in [0.3, 0.4) is 0 Å². The molecule has 1 unspecified atom stereocenters. The summed E-state index contributed by atoms with van der Waals surface area (Å²) in [5.74, 6) is 1.41. The zero-order valence-electron chi connectivity index (χ0n) is 12.5. The number of H-pyrrole nitrogens is 1. The molecule has 1 aromatic heterocycles. The predicted molar refractivity (Wildman–Crippen MR) is 77.5 cm³/mol. The van der Waals surface area contributed by atoms with Crippen LogP contribution in [0.15, 0.2) is 6.33 Å². The highest BCUT2D eigenvalue weighted by Gasteiger charge is 2.26. The first-order valence-corrected chi connectivity index (χ1v) is 7.20. The van der Waals surface area contributed by atoms with Crippen molar-refractivity contribution in [2.45, 2.75) is 26.8 Å². The number of hydrogen-bond acceptors (Lipinski definition) is 5.